The summed E-state index contributed by atoms with van der Waals surface area (Å²) in [4.78, 5) is 43.1. The predicted octanol–water partition coefficient (Wildman–Crippen LogP) is 4.15. The third kappa shape index (κ3) is 3.74. The van der Waals surface area contributed by atoms with Gasteiger partial charge in [0.15, 0.2) is 6.17 Å². The number of rotatable bonds is 5. The van der Waals surface area contributed by atoms with Gasteiger partial charge in [0.25, 0.3) is 0 Å². The zero-order valence-corrected chi connectivity index (χ0v) is 19.2. The minimum atomic E-state index is -0.996. The van der Waals surface area contributed by atoms with E-state index in [1.807, 2.05) is 6.07 Å². The average molecular weight is 474 g/mol. The molecule has 9 heteroatoms. The van der Waals surface area contributed by atoms with Gasteiger partial charge in [0, 0.05) is 12.2 Å². The molecule has 2 heterocycles. The number of carbonyl (C=O) groups excluding carboxylic acids is 1. The fraction of sp³-hybridized carbons (Fsp3) is 0.192. The number of anilines is 1. The lowest BCUT2D eigenvalue weighted by Gasteiger charge is -2.34. The Hall–Kier alpha value is -4.40. The second kappa shape index (κ2) is 8.43. The van der Waals surface area contributed by atoms with Crippen LogP contribution in [0.15, 0.2) is 99.0 Å². The maximum Gasteiger partial charge on any atom is 0.447 e. The highest BCUT2D eigenvalue weighted by Gasteiger charge is 2.55. The van der Waals surface area contributed by atoms with Crippen LogP contribution in [0.5, 0.6) is 0 Å². The zero-order chi connectivity index (χ0) is 24.7. The average Bonchev–Trinajstić information content (AvgIpc) is 3.25. The van der Waals surface area contributed by atoms with Crippen molar-refractivity contribution in [2.75, 3.05) is 4.90 Å². The van der Waals surface area contributed by atoms with Gasteiger partial charge < -0.3 is 9.42 Å². The van der Waals surface area contributed by atoms with E-state index >= 15 is 0 Å². The molecule has 5 rings (SSSR count). The summed E-state index contributed by atoms with van der Waals surface area (Å²) in [6.07, 6.45) is -0.969. The van der Waals surface area contributed by atoms with Crippen molar-refractivity contribution in [1.82, 2.24) is 14.2 Å². The van der Waals surface area contributed by atoms with Crippen molar-refractivity contribution in [2.45, 2.75) is 32.1 Å². The topological polar surface area (TPSA) is 80.7 Å². The van der Waals surface area contributed by atoms with Crippen LogP contribution >= 0.6 is 0 Å². The summed E-state index contributed by atoms with van der Waals surface area (Å²) in [5.41, 5.74) is -0.0706. The quantitative estimate of drug-likeness (QED) is 0.435. The molecular formula is C26H23FN4O4. The number of halogens is 1. The molecule has 0 saturated carbocycles. The fourth-order valence-corrected chi connectivity index (χ4v) is 4.50. The van der Waals surface area contributed by atoms with E-state index in [1.165, 1.54) is 17.0 Å². The molecule has 3 aromatic carbocycles. The summed E-state index contributed by atoms with van der Waals surface area (Å²) >= 11 is 0. The van der Waals surface area contributed by atoms with Gasteiger partial charge in [-0.3, -0.25) is 4.90 Å². The normalized spacial score (nSPS) is 17.2. The molecule has 1 aliphatic rings. The van der Waals surface area contributed by atoms with Crippen molar-refractivity contribution in [3.05, 3.63) is 117 Å². The SMILES string of the molecule is CC1(C)[C@@H](n2oc(=O)n(-c3ccccc3)c2=O)N(c2ccccc2)C(=O)N1Cc1ccc(F)cc1. The Morgan fingerprint density at radius 3 is 2.00 bits per heavy atom. The van der Waals surface area contributed by atoms with Crippen molar-refractivity contribution in [3.8, 4) is 5.69 Å². The Morgan fingerprint density at radius 1 is 0.829 bits per heavy atom. The lowest BCUT2D eigenvalue weighted by molar-refractivity contribution is 0.0931. The molecule has 1 saturated heterocycles. The van der Waals surface area contributed by atoms with Gasteiger partial charge in [-0.25, -0.2) is 18.8 Å². The van der Waals surface area contributed by atoms with E-state index in [2.05, 4.69) is 0 Å². The molecule has 1 fully saturated rings. The molecule has 0 spiro atoms. The number of amides is 2. The first-order chi connectivity index (χ1) is 16.8. The molecule has 1 aliphatic heterocycles. The first kappa shape index (κ1) is 22.4. The molecule has 0 N–H and O–H groups in total. The smallest absolute Gasteiger partial charge is 0.314 e. The number of para-hydroxylation sites is 2. The van der Waals surface area contributed by atoms with Crippen LogP contribution in [0.3, 0.4) is 0 Å². The second-order valence-electron chi connectivity index (χ2n) is 8.86. The van der Waals surface area contributed by atoms with E-state index in [4.69, 9.17) is 4.52 Å². The van der Waals surface area contributed by atoms with Gasteiger partial charge in [-0.1, -0.05) is 48.5 Å². The summed E-state index contributed by atoms with van der Waals surface area (Å²) in [7, 11) is 0. The molecule has 0 radical (unpaired) electrons. The summed E-state index contributed by atoms with van der Waals surface area (Å²) < 4.78 is 20.8. The maximum atomic E-state index is 13.8. The molecule has 1 aromatic heterocycles. The second-order valence-corrected chi connectivity index (χ2v) is 8.86. The molecule has 2 amide bonds. The van der Waals surface area contributed by atoms with E-state index in [1.54, 1.807) is 85.5 Å². The number of carbonyl (C=O) groups is 1. The molecule has 1 atom stereocenters. The molecular weight excluding hydrogens is 451 g/mol. The van der Waals surface area contributed by atoms with E-state index in [0.29, 0.717) is 11.4 Å². The van der Waals surface area contributed by atoms with Crippen LogP contribution in [-0.4, -0.2) is 25.8 Å². The van der Waals surface area contributed by atoms with Crippen LogP contribution < -0.4 is 16.3 Å². The van der Waals surface area contributed by atoms with Crippen LogP contribution in [-0.2, 0) is 6.54 Å². The summed E-state index contributed by atoms with van der Waals surface area (Å²) in [5, 5.41) is 0. The summed E-state index contributed by atoms with van der Waals surface area (Å²) in [5.74, 6) is -1.23. The Bertz CT molecular complexity index is 1470. The van der Waals surface area contributed by atoms with Crippen molar-refractivity contribution in [3.63, 3.8) is 0 Å². The Kier molecular flexibility index (Phi) is 5.39. The van der Waals surface area contributed by atoms with Gasteiger partial charge >= 0.3 is 17.5 Å². The zero-order valence-electron chi connectivity index (χ0n) is 19.2. The molecule has 0 unspecified atom stereocenters. The molecule has 4 aromatic rings. The number of urea groups is 1. The molecule has 35 heavy (non-hydrogen) atoms. The van der Waals surface area contributed by atoms with Crippen molar-refractivity contribution >= 4 is 11.7 Å². The first-order valence-corrected chi connectivity index (χ1v) is 11.1. The van der Waals surface area contributed by atoms with Crippen LogP contribution in [0.25, 0.3) is 5.69 Å². The molecule has 0 aliphatic carbocycles. The number of nitrogens with zero attached hydrogens (tertiary/aromatic N) is 4. The highest BCUT2D eigenvalue weighted by atomic mass is 19.1. The van der Waals surface area contributed by atoms with Crippen molar-refractivity contribution in [1.29, 1.82) is 0 Å². The van der Waals surface area contributed by atoms with Gasteiger partial charge in [-0.2, -0.15) is 4.57 Å². The van der Waals surface area contributed by atoms with E-state index in [-0.39, 0.29) is 18.4 Å². The largest absolute Gasteiger partial charge is 0.447 e. The van der Waals surface area contributed by atoms with Gasteiger partial charge in [-0.15, -0.1) is 4.74 Å². The number of benzene rings is 3. The molecule has 0 bridgehead atoms. The van der Waals surface area contributed by atoms with Crippen LogP contribution in [0.1, 0.15) is 25.6 Å². The number of aromatic nitrogens is 2. The fourth-order valence-electron chi connectivity index (χ4n) is 4.50. The van der Waals surface area contributed by atoms with Gasteiger partial charge in [0.1, 0.15) is 5.82 Å². The lowest BCUT2D eigenvalue weighted by atomic mass is 9.99. The Balaban J connectivity index is 1.66. The maximum absolute atomic E-state index is 13.8. The van der Waals surface area contributed by atoms with E-state index in [0.717, 1.165) is 14.9 Å². The Labute approximate surface area is 200 Å². The van der Waals surface area contributed by atoms with Gasteiger partial charge in [-0.05, 0) is 55.8 Å². The summed E-state index contributed by atoms with van der Waals surface area (Å²) in [6.45, 7) is 3.77. The minimum Gasteiger partial charge on any atom is -0.314 e. The predicted molar refractivity (Wildman–Crippen MR) is 128 cm³/mol. The third-order valence-corrected chi connectivity index (χ3v) is 6.27. The molecule has 178 valence electrons. The van der Waals surface area contributed by atoms with Gasteiger partial charge in [0.05, 0.1) is 11.2 Å². The standard InChI is InChI=1S/C26H23FN4O4/c1-26(2)22(31-24(33)30(25(34)35-31)21-11-7-4-8-12-21)29(20-9-5-3-6-10-20)23(32)28(26)17-18-13-15-19(27)16-14-18/h3-16,22H,17H2,1-2H3/t22-/m1/s1. The van der Waals surface area contributed by atoms with Crippen LogP contribution in [0.4, 0.5) is 14.9 Å². The number of hydrogen-bond acceptors (Lipinski definition) is 4. The van der Waals surface area contributed by atoms with Gasteiger partial charge in [0.2, 0.25) is 0 Å². The van der Waals surface area contributed by atoms with Crippen molar-refractivity contribution in [2.24, 2.45) is 0 Å². The van der Waals surface area contributed by atoms with E-state index < -0.39 is 23.2 Å². The highest BCUT2D eigenvalue weighted by molar-refractivity contribution is 5.95. The number of hydrogen-bond donors (Lipinski definition) is 0. The minimum absolute atomic E-state index is 0.171. The Morgan fingerprint density at radius 2 is 1.40 bits per heavy atom. The van der Waals surface area contributed by atoms with Crippen LogP contribution in [0.2, 0.25) is 0 Å². The molecule has 8 nitrogen and oxygen atoms in total. The highest BCUT2D eigenvalue weighted by Crippen LogP contribution is 2.42. The third-order valence-electron chi connectivity index (χ3n) is 6.27. The monoisotopic (exact) mass is 474 g/mol. The first-order valence-electron chi connectivity index (χ1n) is 11.1. The lowest BCUT2D eigenvalue weighted by Crippen LogP contribution is -2.46. The van der Waals surface area contributed by atoms with Crippen LogP contribution in [0, 0.1) is 5.82 Å². The van der Waals surface area contributed by atoms with Crippen molar-refractivity contribution < 1.29 is 13.7 Å². The van der Waals surface area contributed by atoms with E-state index in [9.17, 15) is 18.8 Å². The summed E-state index contributed by atoms with van der Waals surface area (Å²) in [6, 6.07) is 22.8.